The SMILES string of the molecule is NCCN(Cc1ccccc1)Cc1nccs1. The number of aromatic nitrogens is 1. The average molecular weight is 247 g/mol. The van der Waals surface area contributed by atoms with Gasteiger partial charge in [0.15, 0.2) is 0 Å². The fourth-order valence-electron chi connectivity index (χ4n) is 1.76. The van der Waals surface area contributed by atoms with Crippen LogP contribution >= 0.6 is 11.3 Å². The van der Waals surface area contributed by atoms with Crippen LogP contribution in [0.1, 0.15) is 10.6 Å². The van der Waals surface area contributed by atoms with E-state index in [4.69, 9.17) is 5.73 Å². The molecule has 0 saturated carbocycles. The van der Waals surface area contributed by atoms with Gasteiger partial charge in [-0.1, -0.05) is 30.3 Å². The summed E-state index contributed by atoms with van der Waals surface area (Å²) in [6.07, 6.45) is 1.85. The minimum atomic E-state index is 0.679. The van der Waals surface area contributed by atoms with Crippen LogP contribution < -0.4 is 5.73 Å². The van der Waals surface area contributed by atoms with E-state index in [1.54, 1.807) is 11.3 Å². The molecule has 0 fully saturated rings. The van der Waals surface area contributed by atoms with Gasteiger partial charge < -0.3 is 5.73 Å². The molecule has 0 bridgehead atoms. The van der Waals surface area contributed by atoms with Crippen molar-refractivity contribution in [3.05, 3.63) is 52.5 Å². The number of thiazole rings is 1. The van der Waals surface area contributed by atoms with Gasteiger partial charge >= 0.3 is 0 Å². The Kier molecular flexibility index (Phi) is 4.67. The number of nitrogens with zero attached hydrogens (tertiary/aromatic N) is 2. The third kappa shape index (κ3) is 3.93. The van der Waals surface area contributed by atoms with Crippen molar-refractivity contribution < 1.29 is 0 Å². The van der Waals surface area contributed by atoms with Crippen molar-refractivity contribution in [2.75, 3.05) is 13.1 Å². The lowest BCUT2D eigenvalue weighted by Crippen LogP contribution is -2.28. The molecule has 0 atom stereocenters. The highest BCUT2D eigenvalue weighted by atomic mass is 32.1. The summed E-state index contributed by atoms with van der Waals surface area (Å²) in [6.45, 7) is 3.38. The molecule has 1 heterocycles. The molecule has 90 valence electrons. The highest BCUT2D eigenvalue weighted by Crippen LogP contribution is 2.11. The number of hydrogen-bond acceptors (Lipinski definition) is 4. The van der Waals surface area contributed by atoms with Gasteiger partial charge in [0.25, 0.3) is 0 Å². The Labute approximate surface area is 106 Å². The van der Waals surface area contributed by atoms with Crippen molar-refractivity contribution in [1.29, 1.82) is 0 Å². The Hall–Kier alpha value is -1.23. The highest BCUT2D eigenvalue weighted by Gasteiger charge is 2.07. The lowest BCUT2D eigenvalue weighted by atomic mass is 10.2. The van der Waals surface area contributed by atoms with E-state index in [0.29, 0.717) is 6.54 Å². The van der Waals surface area contributed by atoms with Crippen molar-refractivity contribution in [3.63, 3.8) is 0 Å². The van der Waals surface area contributed by atoms with E-state index in [0.717, 1.165) is 24.6 Å². The maximum atomic E-state index is 5.65. The Morgan fingerprint density at radius 1 is 1.18 bits per heavy atom. The van der Waals surface area contributed by atoms with E-state index >= 15 is 0 Å². The van der Waals surface area contributed by atoms with Gasteiger partial charge in [-0.15, -0.1) is 11.3 Å². The van der Waals surface area contributed by atoms with Gasteiger partial charge in [0.05, 0.1) is 6.54 Å². The lowest BCUT2D eigenvalue weighted by molar-refractivity contribution is 0.264. The molecule has 1 aromatic heterocycles. The summed E-state index contributed by atoms with van der Waals surface area (Å²) in [7, 11) is 0. The molecule has 0 unspecified atom stereocenters. The Bertz CT molecular complexity index is 413. The standard InChI is InChI=1S/C13H17N3S/c14-6-8-16(11-13-15-7-9-17-13)10-12-4-2-1-3-5-12/h1-5,7,9H,6,8,10-11,14H2. The van der Waals surface area contributed by atoms with E-state index in [1.807, 2.05) is 17.6 Å². The van der Waals surface area contributed by atoms with E-state index in [-0.39, 0.29) is 0 Å². The van der Waals surface area contributed by atoms with E-state index in [9.17, 15) is 0 Å². The van der Waals surface area contributed by atoms with Crippen LogP contribution in [0, 0.1) is 0 Å². The van der Waals surface area contributed by atoms with Crippen LogP contribution in [-0.2, 0) is 13.1 Å². The first-order valence-corrected chi connectivity index (χ1v) is 6.61. The summed E-state index contributed by atoms with van der Waals surface area (Å²) >= 11 is 1.69. The molecule has 2 rings (SSSR count). The largest absolute Gasteiger partial charge is 0.329 e. The second kappa shape index (κ2) is 6.49. The van der Waals surface area contributed by atoms with Gasteiger partial charge in [-0.25, -0.2) is 4.98 Å². The van der Waals surface area contributed by atoms with Crippen LogP contribution in [0.25, 0.3) is 0 Å². The molecular weight excluding hydrogens is 230 g/mol. The van der Waals surface area contributed by atoms with Crippen LogP contribution in [-0.4, -0.2) is 23.0 Å². The molecule has 0 aliphatic carbocycles. The van der Waals surface area contributed by atoms with Gasteiger partial charge in [0.2, 0.25) is 0 Å². The van der Waals surface area contributed by atoms with Crippen molar-refractivity contribution in [3.8, 4) is 0 Å². The van der Waals surface area contributed by atoms with Gasteiger partial charge in [-0.05, 0) is 5.56 Å². The molecular formula is C13H17N3S. The maximum absolute atomic E-state index is 5.65. The van der Waals surface area contributed by atoms with Gasteiger partial charge in [0, 0.05) is 31.2 Å². The van der Waals surface area contributed by atoms with Crippen LogP contribution in [0.3, 0.4) is 0 Å². The van der Waals surface area contributed by atoms with E-state index < -0.39 is 0 Å². The molecule has 0 aliphatic rings. The molecule has 4 heteroatoms. The second-order valence-electron chi connectivity index (χ2n) is 3.91. The van der Waals surface area contributed by atoms with Crippen LogP contribution in [0.5, 0.6) is 0 Å². The zero-order valence-electron chi connectivity index (χ0n) is 9.75. The van der Waals surface area contributed by atoms with Crippen molar-refractivity contribution in [2.24, 2.45) is 5.73 Å². The monoisotopic (exact) mass is 247 g/mol. The normalized spacial score (nSPS) is 10.9. The lowest BCUT2D eigenvalue weighted by Gasteiger charge is -2.20. The Morgan fingerprint density at radius 2 is 2.00 bits per heavy atom. The smallest absolute Gasteiger partial charge is 0.107 e. The average Bonchev–Trinajstić information content (AvgIpc) is 2.83. The molecule has 1 aromatic carbocycles. The topological polar surface area (TPSA) is 42.1 Å². The van der Waals surface area contributed by atoms with Crippen molar-refractivity contribution in [1.82, 2.24) is 9.88 Å². The number of nitrogens with two attached hydrogens (primary N) is 1. The third-order valence-corrected chi connectivity index (χ3v) is 3.30. The molecule has 0 saturated heterocycles. The van der Waals surface area contributed by atoms with Gasteiger partial charge in [0.1, 0.15) is 5.01 Å². The zero-order valence-corrected chi connectivity index (χ0v) is 10.6. The second-order valence-corrected chi connectivity index (χ2v) is 4.89. The fraction of sp³-hybridized carbons (Fsp3) is 0.308. The molecule has 2 aromatic rings. The predicted molar refractivity (Wildman–Crippen MR) is 71.7 cm³/mol. The summed E-state index contributed by atoms with van der Waals surface area (Å²) in [5.74, 6) is 0. The van der Waals surface area contributed by atoms with Crippen LogP contribution in [0.4, 0.5) is 0 Å². The molecule has 2 N–H and O–H groups in total. The van der Waals surface area contributed by atoms with E-state index in [1.165, 1.54) is 5.56 Å². The zero-order chi connectivity index (χ0) is 11.9. The minimum Gasteiger partial charge on any atom is -0.329 e. The maximum Gasteiger partial charge on any atom is 0.107 e. The molecule has 0 radical (unpaired) electrons. The Morgan fingerprint density at radius 3 is 2.65 bits per heavy atom. The Balaban J connectivity index is 1.97. The summed E-state index contributed by atoms with van der Waals surface area (Å²) < 4.78 is 0. The summed E-state index contributed by atoms with van der Waals surface area (Å²) in [5.41, 5.74) is 6.97. The van der Waals surface area contributed by atoms with Crippen LogP contribution in [0.15, 0.2) is 41.9 Å². The van der Waals surface area contributed by atoms with Crippen LogP contribution in [0.2, 0.25) is 0 Å². The minimum absolute atomic E-state index is 0.679. The highest BCUT2D eigenvalue weighted by molar-refractivity contribution is 7.09. The molecule has 0 aliphatic heterocycles. The third-order valence-electron chi connectivity index (χ3n) is 2.54. The molecule has 0 spiro atoms. The number of rotatable bonds is 6. The predicted octanol–water partition coefficient (Wildman–Crippen LogP) is 2.10. The molecule has 17 heavy (non-hydrogen) atoms. The fourth-order valence-corrected chi connectivity index (χ4v) is 2.42. The molecule has 3 nitrogen and oxygen atoms in total. The molecule has 0 amide bonds. The van der Waals surface area contributed by atoms with Gasteiger partial charge in [-0.3, -0.25) is 4.90 Å². The number of benzene rings is 1. The van der Waals surface area contributed by atoms with Crippen molar-refractivity contribution in [2.45, 2.75) is 13.1 Å². The summed E-state index contributed by atoms with van der Waals surface area (Å²) in [6, 6.07) is 10.5. The van der Waals surface area contributed by atoms with Gasteiger partial charge in [-0.2, -0.15) is 0 Å². The first kappa shape index (κ1) is 12.2. The van der Waals surface area contributed by atoms with E-state index in [2.05, 4.69) is 34.1 Å². The number of hydrogen-bond donors (Lipinski definition) is 1. The summed E-state index contributed by atoms with van der Waals surface area (Å²) in [4.78, 5) is 6.64. The first-order chi connectivity index (χ1) is 8.38. The summed E-state index contributed by atoms with van der Waals surface area (Å²) in [5, 5.41) is 3.16. The van der Waals surface area contributed by atoms with Crippen molar-refractivity contribution >= 4 is 11.3 Å². The quantitative estimate of drug-likeness (QED) is 0.850. The first-order valence-electron chi connectivity index (χ1n) is 5.73.